The van der Waals surface area contributed by atoms with Gasteiger partial charge in [0.15, 0.2) is 5.96 Å². The van der Waals surface area contributed by atoms with Crippen molar-refractivity contribution in [3.05, 3.63) is 0 Å². The number of hydrogen-bond acceptors (Lipinski definition) is 3. The molecule has 4 N–H and O–H groups in total. The van der Waals surface area contributed by atoms with Crippen molar-refractivity contribution in [1.82, 2.24) is 10.6 Å². The molecule has 0 aromatic heterocycles. The van der Waals surface area contributed by atoms with Gasteiger partial charge >= 0.3 is 0 Å². The SMILES string of the molecule is CCNC(=NCC(C)(C)C(N)=O)NC1CCC(SC)C1. The van der Waals surface area contributed by atoms with Gasteiger partial charge in [-0.25, -0.2) is 0 Å². The van der Waals surface area contributed by atoms with Gasteiger partial charge in [-0.05, 0) is 46.3 Å². The predicted octanol–water partition coefficient (Wildman–Crippen LogP) is 1.34. The van der Waals surface area contributed by atoms with Crippen LogP contribution in [0.1, 0.15) is 40.0 Å². The van der Waals surface area contributed by atoms with Gasteiger partial charge in [0.2, 0.25) is 5.91 Å². The zero-order valence-corrected chi connectivity index (χ0v) is 13.8. The molecule has 6 heteroatoms. The van der Waals surface area contributed by atoms with Gasteiger partial charge in [-0.2, -0.15) is 11.8 Å². The minimum atomic E-state index is -0.611. The van der Waals surface area contributed by atoms with Crippen LogP contribution in [0.2, 0.25) is 0 Å². The van der Waals surface area contributed by atoms with E-state index in [9.17, 15) is 4.79 Å². The van der Waals surface area contributed by atoms with E-state index in [-0.39, 0.29) is 5.91 Å². The fourth-order valence-corrected chi connectivity index (χ4v) is 2.95. The number of amides is 1. The highest BCUT2D eigenvalue weighted by atomic mass is 32.2. The third-order valence-corrected chi connectivity index (χ3v) is 4.80. The van der Waals surface area contributed by atoms with Crippen LogP contribution in [-0.2, 0) is 4.79 Å². The molecule has 0 saturated heterocycles. The first kappa shape index (κ1) is 17.1. The third kappa shape index (κ3) is 5.23. The first-order valence-electron chi connectivity index (χ1n) is 7.26. The Bertz CT molecular complexity index is 357. The third-order valence-electron chi connectivity index (χ3n) is 3.70. The van der Waals surface area contributed by atoms with Gasteiger partial charge in [0.25, 0.3) is 0 Å². The van der Waals surface area contributed by atoms with Crippen LogP contribution in [0.15, 0.2) is 4.99 Å². The van der Waals surface area contributed by atoms with E-state index in [4.69, 9.17) is 5.73 Å². The summed E-state index contributed by atoms with van der Waals surface area (Å²) in [6.45, 7) is 6.89. The lowest BCUT2D eigenvalue weighted by Crippen LogP contribution is -2.44. The molecule has 0 radical (unpaired) electrons. The van der Waals surface area contributed by atoms with Crippen LogP contribution in [0.3, 0.4) is 0 Å². The Morgan fingerprint density at radius 2 is 2.15 bits per heavy atom. The van der Waals surface area contributed by atoms with Crippen LogP contribution in [0.25, 0.3) is 0 Å². The average Bonchev–Trinajstić information content (AvgIpc) is 2.84. The topological polar surface area (TPSA) is 79.5 Å². The van der Waals surface area contributed by atoms with E-state index in [1.165, 1.54) is 19.3 Å². The Balaban J connectivity index is 2.58. The van der Waals surface area contributed by atoms with Gasteiger partial charge in [-0.1, -0.05) is 0 Å². The Kier molecular flexibility index (Phi) is 6.65. The number of guanidine groups is 1. The van der Waals surface area contributed by atoms with Gasteiger partial charge < -0.3 is 16.4 Å². The molecule has 0 aliphatic heterocycles. The van der Waals surface area contributed by atoms with Gasteiger partial charge in [-0.3, -0.25) is 9.79 Å². The normalized spacial score (nSPS) is 23.7. The first-order valence-corrected chi connectivity index (χ1v) is 8.55. The second kappa shape index (κ2) is 7.76. The molecule has 0 heterocycles. The number of carbonyl (C=O) groups is 1. The van der Waals surface area contributed by atoms with Crippen LogP contribution in [0.4, 0.5) is 0 Å². The summed E-state index contributed by atoms with van der Waals surface area (Å²) < 4.78 is 0. The van der Waals surface area contributed by atoms with Crippen molar-refractivity contribution in [3.8, 4) is 0 Å². The number of primary amides is 1. The van der Waals surface area contributed by atoms with E-state index in [1.54, 1.807) is 0 Å². The molecule has 0 spiro atoms. The summed E-state index contributed by atoms with van der Waals surface area (Å²) in [5.74, 6) is 0.467. The number of hydrogen-bond donors (Lipinski definition) is 3. The van der Waals surface area contributed by atoms with E-state index >= 15 is 0 Å². The summed E-state index contributed by atoms with van der Waals surface area (Å²) in [6.07, 6.45) is 5.77. The van der Waals surface area contributed by atoms with E-state index in [0.717, 1.165) is 17.8 Å². The summed E-state index contributed by atoms with van der Waals surface area (Å²) in [5, 5.41) is 7.45. The largest absolute Gasteiger partial charge is 0.369 e. The van der Waals surface area contributed by atoms with Crippen LogP contribution in [0.5, 0.6) is 0 Å². The molecular formula is C14H28N4OS. The van der Waals surface area contributed by atoms with Gasteiger partial charge in [0.1, 0.15) is 0 Å². The molecule has 1 aliphatic rings. The van der Waals surface area contributed by atoms with Gasteiger partial charge in [-0.15, -0.1) is 0 Å². The molecule has 0 aromatic carbocycles. The molecule has 5 nitrogen and oxygen atoms in total. The molecule has 0 bridgehead atoms. The van der Waals surface area contributed by atoms with Gasteiger partial charge in [0.05, 0.1) is 12.0 Å². The van der Waals surface area contributed by atoms with Crippen LogP contribution in [-0.4, -0.2) is 42.5 Å². The predicted molar refractivity (Wildman–Crippen MR) is 87.0 cm³/mol. The fraction of sp³-hybridized carbons (Fsp3) is 0.857. The number of rotatable bonds is 6. The summed E-state index contributed by atoms with van der Waals surface area (Å²) in [7, 11) is 0. The molecular weight excluding hydrogens is 272 g/mol. The van der Waals surface area contributed by atoms with Crippen molar-refractivity contribution in [2.45, 2.75) is 51.3 Å². The highest BCUT2D eigenvalue weighted by Crippen LogP contribution is 2.28. The molecule has 1 aliphatic carbocycles. The number of nitrogens with zero attached hydrogens (tertiary/aromatic N) is 1. The maximum absolute atomic E-state index is 11.3. The van der Waals surface area contributed by atoms with E-state index < -0.39 is 5.41 Å². The molecule has 0 aromatic rings. The molecule has 1 rings (SSSR count). The minimum Gasteiger partial charge on any atom is -0.369 e. The van der Waals surface area contributed by atoms with E-state index in [1.807, 2.05) is 32.5 Å². The van der Waals surface area contributed by atoms with Crippen LogP contribution < -0.4 is 16.4 Å². The second-order valence-electron chi connectivity index (χ2n) is 5.96. The van der Waals surface area contributed by atoms with Crippen LogP contribution >= 0.6 is 11.8 Å². The maximum atomic E-state index is 11.3. The lowest BCUT2D eigenvalue weighted by atomic mass is 9.93. The quantitative estimate of drug-likeness (QED) is 0.511. The van der Waals surface area contributed by atoms with Crippen molar-refractivity contribution < 1.29 is 4.79 Å². The molecule has 1 fully saturated rings. The van der Waals surface area contributed by atoms with Crippen molar-refractivity contribution in [2.75, 3.05) is 19.3 Å². The Morgan fingerprint density at radius 1 is 1.45 bits per heavy atom. The smallest absolute Gasteiger partial charge is 0.224 e. The fourth-order valence-electron chi connectivity index (χ4n) is 2.15. The number of nitrogens with two attached hydrogens (primary N) is 1. The number of carbonyl (C=O) groups excluding carboxylic acids is 1. The second-order valence-corrected chi connectivity index (χ2v) is 7.09. The lowest BCUT2D eigenvalue weighted by molar-refractivity contribution is -0.125. The highest BCUT2D eigenvalue weighted by molar-refractivity contribution is 7.99. The van der Waals surface area contributed by atoms with Crippen molar-refractivity contribution >= 4 is 23.6 Å². The zero-order chi connectivity index (χ0) is 15.2. The summed E-state index contributed by atoms with van der Waals surface area (Å²) in [4.78, 5) is 15.8. The summed E-state index contributed by atoms with van der Waals surface area (Å²) >= 11 is 1.94. The molecule has 20 heavy (non-hydrogen) atoms. The molecule has 1 amide bonds. The zero-order valence-electron chi connectivity index (χ0n) is 13.0. The molecule has 1 saturated carbocycles. The summed E-state index contributed by atoms with van der Waals surface area (Å²) in [6, 6.07) is 0.474. The number of thioether (sulfide) groups is 1. The highest BCUT2D eigenvalue weighted by Gasteiger charge is 2.26. The van der Waals surface area contributed by atoms with Crippen molar-refractivity contribution in [1.29, 1.82) is 0 Å². The average molecular weight is 300 g/mol. The Hall–Kier alpha value is -0.910. The Labute approximate surface area is 126 Å². The minimum absolute atomic E-state index is 0.319. The lowest BCUT2D eigenvalue weighted by Gasteiger charge is -2.21. The van der Waals surface area contributed by atoms with E-state index in [0.29, 0.717) is 12.6 Å². The van der Waals surface area contributed by atoms with Crippen molar-refractivity contribution in [2.24, 2.45) is 16.1 Å². The van der Waals surface area contributed by atoms with E-state index in [2.05, 4.69) is 21.9 Å². The summed E-state index contributed by atoms with van der Waals surface area (Å²) in [5.41, 5.74) is 4.77. The monoisotopic (exact) mass is 300 g/mol. The molecule has 116 valence electrons. The standard InChI is InChI=1S/C14H28N4OS/c1-5-16-13(17-9-14(2,3)12(15)19)18-10-6-7-11(8-10)20-4/h10-11H,5-9H2,1-4H3,(H2,15,19)(H2,16,17,18). The van der Waals surface area contributed by atoms with Crippen LogP contribution in [0, 0.1) is 5.41 Å². The molecule has 2 unspecified atom stereocenters. The van der Waals surface area contributed by atoms with Gasteiger partial charge in [0, 0.05) is 17.8 Å². The number of aliphatic imine (C=N–C) groups is 1. The molecule has 2 atom stereocenters. The Morgan fingerprint density at radius 3 is 2.65 bits per heavy atom. The number of nitrogens with one attached hydrogen (secondary N) is 2. The first-order chi connectivity index (χ1) is 9.39. The van der Waals surface area contributed by atoms with Crippen molar-refractivity contribution in [3.63, 3.8) is 0 Å². The maximum Gasteiger partial charge on any atom is 0.224 e.